The van der Waals surface area contributed by atoms with Crippen LogP contribution in [0.2, 0.25) is 0 Å². The first-order chi connectivity index (χ1) is 28.3. The number of fused-ring (bicyclic) bond motifs is 12. The highest BCUT2D eigenvalue weighted by Gasteiger charge is 2.47. The van der Waals surface area contributed by atoms with E-state index in [9.17, 15) is 0 Å². The molecular weight excluding hydrogens is 691 g/mol. The van der Waals surface area contributed by atoms with E-state index in [0.717, 1.165) is 28.7 Å². The number of rotatable bonds is 7. The molecule has 0 fully saturated rings. The van der Waals surface area contributed by atoms with Gasteiger partial charge >= 0.3 is 6.85 Å². The zero-order chi connectivity index (χ0) is 37.6. The van der Waals surface area contributed by atoms with Crippen molar-refractivity contribution < 1.29 is 4.42 Å². The zero-order valence-electron chi connectivity index (χ0n) is 31.9. The van der Waals surface area contributed by atoms with E-state index in [4.69, 9.17) is 4.42 Å². The number of hydrogen-bond acceptors (Lipinski definition) is 2. The lowest BCUT2D eigenvalue weighted by atomic mass is 9.46. The number of furan rings is 1. The lowest BCUT2D eigenvalue weighted by Gasteiger charge is -2.40. The summed E-state index contributed by atoms with van der Waals surface area (Å²) in [4.78, 5) is 2.56. The third-order valence-corrected chi connectivity index (χ3v) is 12.6. The molecular formula is C53H39BN2O. The van der Waals surface area contributed by atoms with Crippen LogP contribution in [-0.2, 0) is 6.42 Å². The highest BCUT2D eigenvalue weighted by atomic mass is 16.3. The van der Waals surface area contributed by atoms with Gasteiger partial charge in [-0.3, -0.25) is 0 Å². The van der Waals surface area contributed by atoms with Crippen LogP contribution >= 0.6 is 0 Å². The largest absolute Gasteiger partial charge is 0.466 e. The number of aryl methyl sites for hydroxylation is 1. The molecule has 0 aliphatic carbocycles. The predicted octanol–water partition coefficient (Wildman–Crippen LogP) is 13.0. The molecule has 8 aromatic carbocycles. The number of para-hydroxylation sites is 1. The highest BCUT2D eigenvalue weighted by molar-refractivity contribution is 6.93. The van der Waals surface area contributed by atoms with E-state index in [0.29, 0.717) is 0 Å². The first-order valence-corrected chi connectivity index (χ1v) is 20.4. The number of benzene rings is 8. The molecule has 270 valence electrons. The summed E-state index contributed by atoms with van der Waals surface area (Å²) >= 11 is 0. The average molecular weight is 731 g/mol. The Morgan fingerprint density at radius 1 is 0.544 bits per heavy atom. The maximum Gasteiger partial charge on any atom is 0.375 e. The van der Waals surface area contributed by atoms with Crippen LogP contribution in [0.3, 0.4) is 0 Å². The number of hydrogen-bond donors (Lipinski definition) is 0. The molecule has 2 aliphatic rings. The first kappa shape index (κ1) is 32.5. The van der Waals surface area contributed by atoms with Gasteiger partial charge in [-0.25, -0.2) is 0 Å². The Morgan fingerprint density at radius 3 is 2.12 bits per heavy atom. The molecule has 4 heterocycles. The summed E-state index contributed by atoms with van der Waals surface area (Å²) in [5.74, 6) is 0. The van der Waals surface area contributed by atoms with E-state index >= 15 is 0 Å². The minimum Gasteiger partial charge on any atom is -0.466 e. The second-order valence-corrected chi connectivity index (χ2v) is 15.8. The molecule has 2 aromatic heterocycles. The van der Waals surface area contributed by atoms with Crippen molar-refractivity contribution in [3.8, 4) is 39.1 Å². The van der Waals surface area contributed by atoms with Crippen LogP contribution in [0.5, 0.6) is 0 Å². The molecule has 0 amide bonds. The van der Waals surface area contributed by atoms with Crippen LogP contribution in [0.1, 0.15) is 31.7 Å². The van der Waals surface area contributed by atoms with Gasteiger partial charge in [0.15, 0.2) is 0 Å². The molecule has 0 spiro atoms. The summed E-state index contributed by atoms with van der Waals surface area (Å²) in [5, 5.41) is 6.14. The van der Waals surface area contributed by atoms with Crippen molar-refractivity contribution in [2.75, 3.05) is 4.81 Å². The SMILES string of the molecule is CCCCCc1ccc(N2B3c4oc5ccc(-c6ccccc6)cc5c4-n4c5c3c(cc(-c3ccccc3)c5c3ccc5ccccc5c34)-c3ccccc32)cc1. The molecule has 0 saturated carbocycles. The summed E-state index contributed by atoms with van der Waals surface area (Å²) < 4.78 is 9.89. The molecule has 0 N–H and O–H groups in total. The lowest BCUT2D eigenvalue weighted by molar-refractivity contribution is 0.648. The summed E-state index contributed by atoms with van der Waals surface area (Å²) in [5.41, 5.74) is 17.9. The van der Waals surface area contributed by atoms with Gasteiger partial charge in [0.2, 0.25) is 0 Å². The number of nitrogens with zero attached hydrogens (tertiary/aromatic N) is 2. The van der Waals surface area contributed by atoms with Crippen molar-refractivity contribution in [2.45, 2.75) is 32.6 Å². The van der Waals surface area contributed by atoms with Crippen molar-refractivity contribution in [2.24, 2.45) is 0 Å². The zero-order valence-corrected chi connectivity index (χ0v) is 31.9. The maximum atomic E-state index is 7.30. The van der Waals surface area contributed by atoms with E-state index in [-0.39, 0.29) is 6.85 Å². The fourth-order valence-corrected chi connectivity index (χ4v) is 10.0. The van der Waals surface area contributed by atoms with Gasteiger partial charge in [0.25, 0.3) is 0 Å². The van der Waals surface area contributed by atoms with E-state index in [1.54, 1.807) is 0 Å². The Kier molecular flexibility index (Phi) is 7.19. The second kappa shape index (κ2) is 12.6. The van der Waals surface area contributed by atoms with Crippen LogP contribution in [0.4, 0.5) is 11.4 Å². The Labute approximate surface area is 332 Å². The molecule has 0 atom stereocenters. The van der Waals surface area contributed by atoms with Gasteiger partial charge in [-0.1, -0.05) is 153 Å². The summed E-state index contributed by atoms with van der Waals surface area (Å²) in [6, 6.07) is 62.8. The first-order valence-electron chi connectivity index (χ1n) is 20.4. The third-order valence-electron chi connectivity index (χ3n) is 12.6. The second-order valence-electron chi connectivity index (χ2n) is 15.8. The minimum atomic E-state index is -0.196. The van der Waals surface area contributed by atoms with Gasteiger partial charge in [0, 0.05) is 38.5 Å². The molecule has 4 heteroatoms. The monoisotopic (exact) mass is 730 g/mol. The van der Waals surface area contributed by atoms with Gasteiger partial charge < -0.3 is 13.8 Å². The van der Waals surface area contributed by atoms with E-state index in [2.05, 4.69) is 186 Å². The molecule has 0 radical (unpaired) electrons. The van der Waals surface area contributed by atoms with E-state index < -0.39 is 0 Å². The van der Waals surface area contributed by atoms with Gasteiger partial charge in [-0.05, 0) is 93.5 Å². The van der Waals surface area contributed by atoms with Crippen LogP contribution in [0.15, 0.2) is 174 Å². The van der Waals surface area contributed by atoms with Crippen LogP contribution in [0, 0.1) is 0 Å². The van der Waals surface area contributed by atoms with Crippen LogP contribution in [0.25, 0.3) is 82.6 Å². The highest BCUT2D eigenvalue weighted by Crippen LogP contribution is 2.50. The Balaban J connectivity index is 1.25. The topological polar surface area (TPSA) is 21.3 Å². The summed E-state index contributed by atoms with van der Waals surface area (Å²) in [7, 11) is 0. The fraction of sp³-hybridized carbons (Fsp3) is 0.0943. The number of unbranched alkanes of at least 4 members (excludes halogenated alkanes) is 2. The Bertz CT molecular complexity index is 3200. The van der Waals surface area contributed by atoms with Gasteiger partial charge in [-0.15, -0.1) is 0 Å². The van der Waals surface area contributed by atoms with Gasteiger partial charge in [-0.2, -0.15) is 0 Å². The average Bonchev–Trinajstić information content (AvgIpc) is 3.83. The molecule has 3 nitrogen and oxygen atoms in total. The maximum absolute atomic E-state index is 7.30. The molecule has 12 rings (SSSR count). The molecule has 10 aromatic rings. The molecule has 0 bridgehead atoms. The number of aromatic nitrogens is 1. The van der Waals surface area contributed by atoms with Crippen LogP contribution in [-0.4, -0.2) is 11.4 Å². The third kappa shape index (κ3) is 4.74. The summed E-state index contributed by atoms with van der Waals surface area (Å²) in [6.07, 6.45) is 4.80. The van der Waals surface area contributed by atoms with Gasteiger partial charge in [0.05, 0.1) is 16.7 Å². The van der Waals surface area contributed by atoms with Crippen molar-refractivity contribution in [3.05, 3.63) is 175 Å². The Hall–Kier alpha value is -6.78. The molecule has 0 saturated heterocycles. The van der Waals surface area contributed by atoms with Crippen molar-refractivity contribution >= 4 is 72.9 Å². The quantitative estimate of drug-likeness (QED) is 0.120. The molecule has 0 unspecified atom stereocenters. The smallest absolute Gasteiger partial charge is 0.375 e. The number of anilines is 2. The lowest BCUT2D eigenvalue weighted by Crippen LogP contribution is -2.60. The predicted molar refractivity (Wildman–Crippen MR) is 241 cm³/mol. The minimum absolute atomic E-state index is 0.196. The fourth-order valence-electron chi connectivity index (χ4n) is 10.0. The van der Waals surface area contributed by atoms with Crippen LogP contribution < -0.4 is 15.9 Å². The molecule has 57 heavy (non-hydrogen) atoms. The van der Waals surface area contributed by atoms with E-state index in [1.807, 2.05) is 0 Å². The van der Waals surface area contributed by atoms with Crippen molar-refractivity contribution in [3.63, 3.8) is 0 Å². The van der Waals surface area contributed by atoms with Crippen molar-refractivity contribution in [1.29, 1.82) is 0 Å². The van der Waals surface area contributed by atoms with E-state index in [1.165, 1.54) is 108 Å². The summed E-state index contributed by atoms with van der Waals surface area (Å²) in [6.45, 7) is 2.08. The normalized spacial score (nSPS) is 12.9. The Morgan fingerprint density at radius 2 is 1.30 bits per heavy atom. The standard InChI is InChI=1S/C53H39BN2O/c1-2-3-6-15-34-24-28-39(29-25-34)56-46-23-14-13-22-41(46)44-33-43(36-18-9-5-10-19-36)48-42-30-26-37-20-11-12-21-40(37)50(42)55-51-45-32-38(35-16-7-4-8-17-35)27-31-47(45)57-53(51)54(56)49(44)52(48)55/h4-5,7-14,16-33H,2-3,6,15H2,1H3. The van der Waals surface area contributed by atoms with Gasteiger partial charge in [0.1, 0.15) is 11.2 Å². The van der Waals surface area contributed by atoms with Crippen molar-refractivity contribution in [1.82, 2.24) is 4.57 Å². The molecule has 2 aliphatic heterocycles.